The van der Waals surface area contributed by atoms with Gasteiger partial charge in [0.1, 0.15) is 5.60 Å². The number of hydrogen-bond donors (Lipinski definition) is 3. The molecule has 0 saturated carbocycles. The maximum atomic E-state index is 11.5. The monoisotopic (exact) mass is 476 g/mol. The van der Waals surface area contributed by atoms with Crippen molar-refractivity contribution in [2.75, 3.05) is 18.4 Å². The first kappa shape index (κ1) is 24.5. The fraction of sp³-hybridized carbons (Fsp3) is 0.579. The van der Waals surface area contributed by atoms with Crippen molar-refractivity contribution in [3.63, 3.8) is 0 Å². The Hall–Kier alpha value is -1.51. The zero-order valence-corrected chi connectivity index (χ0v) is 18.8. The van der Waals surface area contributed by atoms with Gasteiger partial charge in [0.2, 0.25) is 0 Å². The van der Waals surface area contributed by atoms with Gasteiger partial charge in [-0.2, -0.15) is 0 Å². The highest BCUT2D eigenvalue weighted by atomic mass is 127. The topological polar surface area (TPSA) is 88.7 Å². The Balaban J connectivity index is 0.00000625. The molecule has 1 aromatic carbocycles. The average Bonchev–Trinajstić information content (AvgIpc) is 2.53. The number of nitrogens with zero attached hydrogens (tertiary/aromatic N) is 1. The summed E-state index contributed by atoms with van der Waals surface area (Å²) in [4.78, 5) is 15.9. The summed E-state index contributed by atoms with van der Waals surface area (Å²) in [5, 5.41) is 5.93. The Morgan fingerprint density at radius 1 is 1.19 bits per heavy atom. The summed E-state index contributed by atoms with van der Waals surface area (Å²) >= 11 is 0. The van der Waals surface area contributed by atoms with Crippen molar-refractivity contribution < 1.29 is 9.53 Å². The summed E-state index contributed by atoms with van der Waals surface area (Å²) in [6.07, 6.45) is 2.15. The number of alkyl carbamates (subject to hydrolysis) is 1. The largest absolute Gasteiger partial charge is 0.444 e. The molecule has 1 amide bonds. The molecule has 7 heteroatoms. The van der Waals surface area contributed by atoms with E-state index in [2.05, 4.69) is 47.7 Å². The van der Waals surface area contributed by atoms with Crippen LogP contribution in [0.5, 0.6) is 0 Å². The average molecular weight is 476 g/mol. The molecular formula is C19H33IN4O2. The van der Waals surface area contributed by atoms with Crippen LogP contribution in [-0.2, 0) is 17.6 Å². The highest BCUT2D eigenvalue weighted by Gasteiger charge is 2.15. The molecule has 0 heterocycles. The van der Waals surface area contributed by atoms with E-state index in [1.54, 1.807) is 0 Å². The highest BCUT2D eigenvalue weighted by molar-refractivity contribution is 14.0. The van der Waals surface area contributed by atoms with Crippen molar-refractivity contribution in [2.24, 2.45) is 10.7 Å². The second-order valence-corrected chi connectivity index (χ2v) is 6.83. The number of anilines is 1. The van der Waals surface area contributed by atoms with Gasteiger partial charge in [0.05, 0.1) is 0 Å². The van der Waals surface area contributed by atoms with Crippen LogP contribution in [0.3, 0.4) is 0 Å². The van der Waals surface area contributed by atoms with Gasteiger partial charge in [0, 0.05) is 18.8 Å². The molecular weight excluding hydrogens is 443 g/mol. The Morgan fingerprint density at radius 2 is 1.77 bits per heavy atom. The van der Waals surface area contributed by atoms with E-state index in [4.69, 9.17) is 10.5 Å². The normalized spacial score (nSPS) is 11.5. The highest BCUT2D eigenvalue weighted by Crippen LogP contribution is 2.22. The number of carbonyl (C=O) groups excluding carboxylic acids is 1. The fourth-order valence-corrected chi connectivity index (χ4v) is 2.35. The van der Waals surface area contributed by atoms with Crippen molar-refractivity contribution in [3.05, 3.63) is 29.3 Å². The SMILES string of the molecule is CCc1cccc(CC)c1NC(N)=NCCCNC(=O)OC(C)(C)C.I. The molecule has 0 aromatic heterocycles. The lowest BCUT2D eigenvalue weighted by molar-refractivity contribution is 0.0527. The quantitative estimate of drug-likeness (QED) is 0.240. The van der Waals surface area contributed by atoms with Crippen molar-refractivity contribution in [1.29, 1.82) is 0 Å². The third kappa shape index (κ3) is 9.26. The molecule has 148 valence electrons. The van der Waals surface area contributed by atoms with Crippen LogP contribution in [0.15, 0.2) is 23.2 Å². The van der Waals surface area contributed by atoms with Crippen LogP contribution in [-0.4, -0.2) is 30.7 Å². The molecule has 0 spiro atoms. The number of guanidine groups is 1. The summed E-state index contributed by atoms with van der Waals surface area (Å²) in [6, 6.07) is 6.26. The van der Waals surface area contributed by atoms with E-state index in [9.17, 15) is 4.79 Å². The van der Waals surface area contributed by atoms with Gasteiger partial charge < -0.3 is 21.1 Å². The number of aryl methyl sites for hydroxylation is 2. The van der Waals surface area contributed by atoms with Crippen molar-refractivity contribution in [2.45, 2.75) is 59.5 Å². The number of amides is 1. The number of para-hydroxylation sites is 1. The van der Waals surface area contributed by atoms with Crippen LogP contribution in [0, 0.1) is 0 Å². The first-order valence-electron chi connectivity index (χ1n) is 8.91. The zero-order chi connectivity index (χ0) is 18.9. The van der Waals surface area contributed by atoms with Gasteiger partial charge in [-0.3, -0.25) is 4.99 Å². The maximum absolute atomic E-state index is 11.5. The fourth-order valence-electron chi connectivity index (χ4n) is 2.35. The van der Waals surface area contributed by atoms with E-state index in [0.29, 0.717) is 25.5 Å². The Morgan fingerprint density at radius 3 is 2.27 bits per heavy atom. The van der Waals surface area contributed by atoms with E-state index in [1.807, 2.05) is 20.8 Å². The Kier molecular flexibility index (Phi) is 11.3. The van der Waals surface area contributed by atoms with E-state index >= 15 is 0 Å². The molecule has 0 bridgehead atoms. The van der Waals surface area contributed by atoms with Gasteiger partial charge in [-0.05, 0) is 51.2 Å². The lowest BCUT2D eigenvalue weighted by atomic mass is 10.0. The number of rotatable bonds is 7. The van der Waals surface area contributed by atoms with Gasteiger partial charge in [0.25, 0.3) is 0 Å². The Bertz CT molecular complexity index is 575. The van der Waals surface area contributed by atoms with Crippen LogP contribution in [0.25, 0.3) is 0 Å². The standard InChI is InChI=1S/C19H32N4O2.HI/c1-6-14-10-8-11-15(7-2)16(14)23-17(20)21-12-9-13-22-18(24)25-19(3,4)5;/h8,10-11H,6-7,9,12-13H2,1-5H3,(H,22,24)(H3,20,21,23);1H. The van der Waals surface area contributed by atoms with Crippen LogP contribution < -0.4 is 16.4 Å². The van der Waals surface area contributed by atoms with Crippen molar-refractivity contribution in [3.8, 4) is 0 Å². The summed E-state index contributed by atoms with van der Waals surface area (Å²) in [6.45, 7) is 10.8. The molecule has 0 radical (unpaired) electrons. The van der Waals surface area contributed by atoms with Gasteiger partial charge in [0.15, 0.2) is 5.96 Å². The third-order valence-corrected chi connectivity index (χ3v) is 3.54. The molecule has 0 aliphatic heterocycles. The number of carbonyl (C=O) groups is 1. The molecule has 6 nitrogen and oxygen atoms in total. The first-order valence-corrected chi connectivity index (χ1v) is 8.91. The minimum atomic E-state index is -0.486. The predicted octanol–water partition coefficient (Wildman–Crippen LogP) is 4.07. The lowest BCUT2D eigenvalue weighted by Gasteiger charge is -2.19. The summed E-state index contributed by atoms with van der Waals surface area (Å²) in [5.41, 5.74) is 9.03. The van der Waals surface area contributed by atoms with Crippen molar-refractivity contribution >= 4 is 41.7 Å². The molecule has 1 rings (SSSR count). The molecule has 0 unspecified atom stereocenters. The maximum Gasteiger partial charge on any atom is 0.407 e. The number of ether oxygens (including phenoxy) is 1. The number of nitrogens with one attached hydrogen (secondary N) is 2. The lowest BCUT2D eigenvalue weighted by Crippen LogP contribution is -2.33. The third-order valence-electron chi connectivity index (χ3n) is 3.54. The minimum Gasteiger partial charge on any atom is -0.444 e. The van der Waals surface area contributed by atoms with Crippen LogP contribution in [0.2, 0.25) is 0 Å². The van der Waals surface area contributed by atoms with E-state index in [-0.39, 0.29) is 24.0 Å². The summed E-state index contributed by atoms with van der Waals surface area (Å²) in [7, 11) is 0. The molecule has 0 aliphatic carbocycles. The number of nitrogens with two attached hydrogens (primary N) is 1. The number of aliphatic imine (C=N–C) groups is 1. The van der Waals surface area contributed by atoms with E-state index in [1.165, 1.54) is 11.1 Å². The van der Waals surface area contributed by atoms with Crippen LogP contribution >= 0.6 is 24.0 Å². The molecule has 0 saturated heterocycles. The van der Waals surface area contributed by atoms with Crippen LogP contribution in [0.4, 0.5) is 10.5 Å². The smallest absolute Gasteiger partial charge is 0.407 e. The zero-order valence-electron chi connectivity index (χ0n) is 16.5. The van der Waals surface area contributed by atoms with E-state index in [0.717, 1.165) is 18.5 Å². The number of benzene rings is 1. The minimum absolute atomic E-state index is 0. The molecule has 1 aromatic rings. The van der Waals surface area contributed by atoms with Gasteiger partial charge in [-0.15, -0.1) is 24.0 Å². The second kappa shape index (κ2) is 12.0. The molecule has 0 aliphatic rings. The second-order valence-electron chi connectivity index (χ2n) is 6.83. The molecule has 0 fully saturated rings. The molecule has 26 heavy (non-hydrogen) atoms. The number of halogens is 1. The molecule has 0 atom stereocenters. The van der Waals surface area contributed by atoms with Gasteiger partial charge in [-0.1, -0.05) is 32.0 Å². The summed E-state index contributed by atoms with van der Waals surface area (Å²) in [5.74, 6) is 0.396. The summed E-state index contributed by atoms with van der Waals surface area (Å²) < 4.78 is 5.17. The first-order chi connectivity index (χ1) is 11.8. The molecule has 4 N–H and O–H groups in total. The van der Waals surface area contributed by atoms with E-state index < -0.39 is 11.7 Å². The Labute approximate surface area is 174 Å². The van der Waals surface area contributed by atoms with Gasteiger partial charge in [-0.25, -0.2) is 4.79 Å². The predicted molar refractivity (Wildman–Crippen MR) is 120 cm³/mol. The number of hydrogen-bond acceptors (Lipinski definition) is 3. The van der Waals surface area contributed by atoms with Crippen molar-refractivity contribution in [1.82, 2.24) is 5.32 Å². The van der Waals surface area contributed by atoms with Crippen LogP contribution in [0.1, 0.15) is 52.2 Å². The van der Waals surface area contributed by atoms with Gasteiger partial charge >= 0.3 is 6.09 Å².